The Morgan fingerprint density at radius 1 is 0.339 bits per heavy atom. The summed E-state index contributed by atoms with van der Waals surface area (Å²) in [5.41, 5.74) is 12.4. The number of furan rings is 1. The van der Waals surface area contributed by atoms with E-state index in [1.54, 1.807) is 0 Å². The van der Waals surface area contributed by atoms with E-state index in [1.165, 1.54) is 11.1 Å². The van der Waals surface area contributed by atoms with Crippen molar-refractivity contribution in [1.82, 2.24) is 19.5 Å². The molecule has 0 saturated heterocycles. The number of hydrogen-bond donors (Lipinski definition) is 0. The van der Waals surface area contributed by atoms with Gasteiger partial charge < -0.3 is 8.98 Å². The van der Waals surface area contributed by atoms with Gasteiger partial charge in [0.1, 0.15) is 11.2 Å². The second kappa shape index (κ2) is 13.0. The highest BCUT2D eigenvalue weighted by Gasteiger charge is 2.18. The normalized spacial score (nSPS) is 11.6. The lowest BCUT2D eigenvalue weighted by Gasteiger charge is -2.10. The van der Waals surface area contributed by atoms with Crippen LogP contribution < -0.4 is 0 Å². The molecule has 0 unspecified atom stereocenters. The molecule has 11 aromatic rings. The Morgan fingerprint density at radius 3 is 1.57 bits per heavy atom. The maximum atomic E-state index is 6.62. The van der Waals surface area contributed by atoms with Gasteiger partial charge in [0.2, 0.25) is 0 Å². The van der Waals surface area contributed by atoms with Gasteiger partial charge in [0.25, 0.3) is 0 Å². The molecule has 5 nitrogen and oxygen atoms in total. The molecule has 0 bridgehead atoms. The summed E-state index contributed by atoms with van der Waals surface area (Å²) < 4.78 is 8.96. The average Bonchev–Trinajstić information content (AvgIpc) is 3.82. The van der Waals surface area contributed by atoms with E-state index in [0.717, 1.165) is 77.2 Å². The van der Waals surface area contributed by atoms with Gasteiger partial charge in [-0.1, -0.05) is 152 Å². The van der Waals surface area contributed by atoms with Gasteiger partial charge in [0, 0.05) is 49.5 Å². The zero-order chi connectivity index (χ0) is 37.0. The lowest BCUT2D eigenvalue weighted by molar-refractivity contribution is 0.670. The van der Waals surface area contributed by atoms with Gasteiger partial charge in [-0.3, -0.25) is 0 Å². The molecule has 0 aliphatic carbocycles. The Hall–Kier alpha value is -7.63. The molecule has 0 radical (unpaired) electrons. The van der Waals surface area contributed by atoms with Gasteiger partial charge in [0.15, 0.2) is 17.5 Å². The molecule has 3 aromatic heterocycles. The summed E-state index contributed by atoms with van der Waals surface area (Å²) in [6.07, 6.45) is 0. The molecule has 11 rings (SSSR count). The Kier molecular flexibility index (Phi) is 7.42. The van der Waals surface area contributed by atoms with Crippen LogP contribution in [0.4, 0.5) is 0 Å². The van der Waals surface area contributed by atoms with E-state index in [1.807, 2.05) is 66.7 Å². The Labute approximate surface area is 322 Å². The SMILES string of the molecule is c1ccc(-c2ccc(-c3cccc4c3oc3ccc(-n5c6ccccc6c6cc(-c7nc(-c8ccccc8)nc(-c8ccccc8)n7)ccc65)cc34)cc2)cc1. The van der Waals surface area contributed by atoms with Crippen LogP contribution in [0, 0.1) is 0 Å². The maximum Gasteiger partial charge on any atom is 0.164 e. The molecule has 0 spiro atoms. The highest BCUT2D eigenvalue weighted by molar-refractivity contribution is 6.12. The molecular weight excluding hydrogens is 685 g/mol. The van der Waals surface area contributed by atoms with Gasteiger partial charge in [-0.05, 0) is 59.2 Å². The van der Waals surface area contributed by atoms with Crippen molar-refractivity contribution in [2.45, 2.75) is 0 Å². The molecule has 56 heavy (non-hydrogen) atoms. The van der Waals surface area contributed by atoms with Crippen molar-refractivity contribution in [1.29, 1.82) is 0 Å². The highest BCUT2D eigenvalue weighted by atomic mass is 16.3. The monoisotopic (exact) mass is 716 g/mol. The number of rotatable bonds is 6. The van der Waals surface area contributed by atoms with Crippen molar-refractivity contribution in [3.8, 4) is 62.1 Å². The first-order chi connectivity index (χ1) is 27.7. The molecule has 8 aromatic carbocycles. The summed E-state index contributed by atoms with van der Waals surface area (Å²) in [5, 5.41) is 4.45. The van der Waals surface area contributed by atoms with E-state index < -0.39 is 0 Å². The molecule has 0 amide bonds. The first kappa shape index (κ1) is 31.9. The van der Waals surface area contributed by atoms with Crippen molar-refractivity contribution >= 4 is 43.7 Å². The molecule has 5 heteroatoms. The van der Waals surface area contributed by atoms with Crippen molar-refractivity contribution < 1.29 is 4.42 Å². The lowest BCUT2D eigenvalue weighted by Crippen LogP contribution is -2.00. The quantitative estimate of drug-likeness (QED) is 0.172. The average molecular weight is 717 g/mol. The van der Waals surface area contributed by atoms with Gasteiger partial charge in [-0.15, -0.1) is 0 Å². The van der Waals surface area contributed by atoms with Crippen LogP contribution in [0.2, 0.25) is 0 Å². The van der Waals surface area contributed by atoms with E-state index >= 15 is 0 Å². The third kappa shape index (κ3) is 5.37. The standard InChI is InChI=1S/C51H32N4O/c1-4-13-33(14-5-1)34-23-25-35(26-24-34)40-20-12-21-42-44-32-39(28-30-47(44)56-48(40)42)55-45-22-11-10-19-41(45)43-31-38(27-29-46(43)55)51-53-49(36-15-6-2-7-16-36)52-50(54-51)37-17-8-3-9-18-37/h1-32H. The summed E-state index contributed by atoms with van der Waals surface area (Å²) in [5.74, 6) is 1.92. The molecular formula is C51H32N4O. The number of benzene rings is 8. The molecule has 3 heterocycles. The zero-order valence-corrected chi connectivity index (χ0v) is 30.2. The first-order valence-electron chi connectivity index (χ1n) is 18.8. The Balaban J connectivity index is 1.03. The third-order valence-corrected chi connectivity index (χ3v) is 10.7. The minimum Gasteiger partial charge on any atom is -0.455 e. The van der Waals surface area contributed by atoms with Gasteiger partial charge in [-0.25, -0.2) is 15.0 Å². The molecule has 0 aliphatic rings. The van der Waals surface area contributed by atoms with E-state index in [4.69, 9.17) is 19.4 Å². The summed E-state index contributed by atoms with van der Waals surface area (Å²) in [4.78, 5) is 14.9. The topological polar surface area (TPSA) is 56.7 Å². The summed E-state index contributed by atoms with van der Waals surface area (Å²) in [6, 6.07) is 67.5. The summed E-state index contributed by atoms with van der Waals surface area (Å²) in [7, 11) is 0. The second-order valence-corrected chi connectivity index (χ2v) is 14.0. The smallest absolute Gasteiger partial charge is 0.164 e. The Morgan fingerprint density at radius 2 is 0.875 bits per heavy atom. The number of nitrogens with zero attached hydrogens (tertiary/aromatic N) is 4. The fraction of sp³-hybridized carbons (Fsp3) is 0. The lowest BCUT2D eigenvalue weighted by atomic mass is 9.99. The van der Waals surface area contributed by atoms with Crippen LogP contribution in [0.15, 0.2) is 199 Å². The summed E-state index contributed by atoms with van der Waals surface area (Å²) in [6.45, 7) is 0. The van der Waals surface area contributed by atoms with Crippen LogP contribution in [0.1, 0.15) is 0 Å². The third-order valence-electron chi connectivity index (χ3n) is 10.7. The van der Waals surface area contributed by atoms with Crippen LogP contribution >= 0.6 is 0 Å². The summed E-state index contributed by atoms with van der Waals surface area (Å²) >= 11 is 0. The predicted molar refractivity (Wildman–Crippen MR) is 229 cm³/mol. The highest BCUT2D eigenvalue weighted by Crippen LogP contribution is 2.40. The van der Waals surface area contributed by atoms with E-state index in [0.29, 0.717) is 17.5 Å². The minimum absolute atomic E-state index is 0.633. The molecule has 0 saturated carbocycles. The molecule has 0 atom stereocenters. The van der Waals surface area contributed by atoms with E-state index in [9.17, 15) is 0 Å². The molecule has 0 N–H and O–H groups in total. The van der Waals surface area contributed by atoms with Crippen molar-refractivity contribution in [3.63, 3.8) is 0 Å². The maximum absolute atomic E-state index is 6.62. The number of aromatic nitrogens is 4. The van der Waals surface area contributed by atoms with Gasteiger partial charge in [0.05, 0.1) is 11.0 Å². The van der Waals surface area contributed by atoms with Crippen molar-refractivity contribution in [3.05, 3.63) is 194 Å². The zero-order valence-electron chi connectivity index (χ0n) is 30.2. The van der Waals surface area contributed by atoms with Crippen molar-refractivity contribution in [2.24, 2.45) is 0 Å². The predicted octanol–water partition coefficient (Wildman–Crippen LogP) is 13.2. The molecule has 0 aliphatic heterocycles. The number of fused-ring (bicyclic) bond motifs is 6. The van der Waals surface area contributed by atoms with Gasteiger partial charge in [-0.2, -0.15) is 0 Å². The van der Waals surface area contributed by atoms with Crippen LogP contribution in [0.3, 0.4) is 0 Å². The molecule has 0 fully saturated rings. The van der Waals surface area contributed by atoms with Crippen LogP contribution in [0.5, 0.6) is 0 Å². The fourth-order valence-electron chi connectivity index (χ4n) is 7.95. The van der Waals surface area contributed by atoms with E-state index in [-0.39, 0.29) is 0 Å². The minimum atomic E-state index is 0.633. The fourth-order valence-corrected chi connectivity index (χ4v) is 7.95. The first-order valence-corrected chi connectivity index (χ1v) is 18.8. The van der Waals surface area contributed by atoms with Crippen molar-refractivity contribution in [2.75, 3.05) is 0 Å². The largest absolute Gasteiger partial charge is 0.455 e. The number of para-hydroxylation sites is 2. The van der Waals surface area contributed by atoms with Gasteiger partial charge >= 0.3 is 0 Å². The second-order valence-electron chi connectivity index (χ2n) is 14.0. The van der Waals surface area contributed by atoms with Crippen LogP contribution in [-0.4, -0.2) is 19.5 Å². The van der Waals surface area contributed by atoms with Crippen LogP contribution in [0.25, 0.3) is 106 Å². The number of hydrogen-bond acceptors (Lipinski definition) is 4. The van der Waals surface area contributed by atoms with E-state index in [2.05, 4.69) is 132 Å². The molecule has 262 valence electrons. The Bertz CT molecular complexity index is 3160. The van der Waals surface area contributed by atoms with Crippen LogP contribution in [-0.2, 0) is 0 Å².